The highest BCUT2D eigenvalue weighted by Crippen LogP contribution is 2.36. The molecule has 0 radical (unpaired) electrons. The highest BCUT2D eigenvalue weighted by molar-refractivity contribution is 6.46. The van der Waals surface area contributed by atoms with Crippen LogP contribution in [-0.4, -0.2) is 11.8 Å². The molecule has 1 N–H and O–H groups in total. The molecule has 0 bridgehead atoms. The van der Waals surface area contributed by atoms with E-state index in [2.05, 4.69) is 5.32 Å². The van der Waals surface area contributed by atoms with Gasteiger partial charge in [0.2, 0.25) is 0 Å². The van der Waals surface area contributed by atoms with Gasteiger partial charge in [0.15, 0.2) is 0 Å². The molecule has 0 unspecified atom stereocenters. The van der Waals surface area contributed by atoms with Crippen LogP contribution in [0.2, 0.25) is 10.0 Å². The summed E-state index contributed by atoms with van der Waals surface area (Å²) in [5.41, 5.74) is 5.18. The van der Waals surface area contributed by atoms with Crippen molar-refractivity contribution in [1.29, 1.82) is 0 Å². The van der Waals surface area contributed by atoms with Gasteiger partial charge in [-0.3, -0.25) is 9.59 Å². The summed E-state index contributed by atoms with van der Waals surface area (Å²) in [7, 11) is 0. The van der Waals surface area contributed by atoms with Crippen LogP contribution in [0, 0.1) is 20.8 Å². The minimum Gasteiger partial charge on any atom is -0.350 e. The van der Waals surface area contributed by atoms with E-state index in [1.54, 1.807) is 42.5 Å². The van der Waals surface area contributed by atoms with Crippen LogP contribution < -0.4 is 10.2 Å². The molecule has 0 aliphatic carbocycles. The van der Waals surface area contributed by atoms with E-state index in [1.165, 1.54) is 4.90 Å². The number of halogens is 2. The Hall–Kier alpha value is -3.08. The van der Waals surface area contributed by atoms with E-state index in [1.807, 2.05) is 39.0 Å². The van der Waals surface area contributed by atoms with Gasteiger partial charge in [0.1, 0.15) is 5.70 Å². The maximum Gasteiger partial charge on any atom is 0.282 e. The number of rotatable bonds is 4. The topological polar surface area (TPSA) is 49.4 Å². The molecular formula is C25H20Cl2N2O2. The number of aryl methyl sites for hydroxylation is 3. The van der Waals surface area contributed by atoms with Crippen LogP contribution in [0.1, 0.15) is 22.3 Å². The molecule has 4 nitrogen and oxygen atoms in total. The molecular weight excluding hydrogens is 431 g/mol. The number of hydrogen-bond donors (Lipinski definition) is 1. The number of benzene rings is 3. The molecule has 0 aromatic heterocycles. The molecule has 0 saturated carbocycles. The Labute approximate surface area is 191 Å². The Kier molecular flexibility index (Phi) is 5.61. The van der Waals surface area contributed by atoms with Crippen LogP contribution in [-0.2, 0) is 9.59 Å². The third-order valence-corrected chi connectivity index (χ3v) is 5.76. The fourth-order valence-electron chi connectivity index (χ4n) is 3.62. The molecule has 31 heavy (non-hydrogen) atoms. The van der Waals surface area contributed by atoms with Crippen molar-refractivity contribution in [2.45, 2.75) is 20.8 Å². The monoisotopic (exact) mass is 450 g/mol. The smallest absolute Gasteiger partial charge is 0.282 e. The van der Waals surface area contributed by atoms with Crippen molar-refractivity contribution in [2.24, 2.45) is 0 Å². The van der Waals surface area contributed by atoms with Gasteiger partial charge >= 0.3 is 0 Å². The second-order valence-corrected chi connectivity index (χ2v) is 8.45. The lowest BCUT2D eigenvalue weighted by Gasteiger charge is -2.18. The summed E-state index contributed by atoms with van der Waals surface area (Å²) in [5.74, 6) is -0.813. The van der Waals surface area contributed by atoms with Gasteiger partial charge in [-0.05, 0) is 79.4 Å². The van der Waals surface area contributed by atoms with E-state index >= 15 is 0 Å². The number of nitrogens with zero attached hydrogens (tertiary/aromatic N) is 1. The number of imide groups is 1. The maximum atomic E-state index is 13.5. The van der Waals surface area contributed by atoms with Crippen LogP contribution in [0.5, 0.6) is 0 Å². The van der Waals surface area contributed by atoms with Crippen molar-refractivity contribution >= 4 is 52.0 Å². The van der Waals surface area contributed by atoms with Gasteiger partial charge in [0, 0.05) is 15.7 Å². The van der Waals surface area contributed by atoms with E-state index in [9.17, 15) is 9.59 Å². The zero-order valence-electron chi connectivity index (χ0n) is 17.3. The van der Waals surface area contributed by atoms with Gasteiger partial charge in [0.25, 0.3) is 11.8 Å². The first-order chi connectivity index (χ1) is 14.8. The summed E-state index contributed by atoms with van der Waals surface area (Å²) in [6.07, 6.45) is 0. The Bertz CT molecular complexity index is 1250. The minimum atomic E-state index is -0.415. The summed E-state index contributed by atoms with van der Waals surface area (Å²) >= 11 is 12.1. The summed E-state index contributed by atoms with van der Waals surface area (Å²) < 4.78 is 0. The van der Waals surface area contributed by atoms with Gasteiger partial charge in [-0.1, -0.05) is 47.5 Å². The van der Waals surface area contributed by atoms with Crippen LogP contribution in [0.15, 0.2) is 66.4 Å². The number of hydrogen-bond acceptors (Lipinski definition) is 3. The van der Waals surface area contributed by atoms with Crippen LogP contribution in [0.3, 0.4) is 0 Å². The Morgan fingerprint density at radius 1 is 0.742 bits per heavy atom. The van der Waals surface area contributed by atoms with Gasteiger partial charge in [-0.2, -0.15) is 0 Å². The first kappa shape index (κ1) is 21.2. The molecule has 1 aliphatic heterocycles. The molecule has 2 amide bonds. The fraction of sp³-hybridized carbons (Fsp3) is 0.120. The average molecular weight is 451 g/mol. The normalized spacial score (nSPS) is 13.9. The summed E-state index contributed by atoms with van der Waals surface area (Å²) in [6, 6.07) is 17.9. The maximum absolute atomic E-state index is 13.5. The van der Waals surface area contributed by atoms with E-state index < -0.39 is 11.8 Å². The van der Waals surface area contributed by atoms with E-state index in [-0.39, 0.29) is 5.70 Å². The standard InChI is InChI=1S/C25H20Cl2N2O2/c1-14-4-5-15(2)20(12-14)28-23-22(17-6-8-18(26)9-7-17)24(30)29(25(23)31)21-11-10-19(27)13-16(21)3/h4-13,28H,1-3H3. The Morgan fingerprint density at radius 3 is 2.10 bits per heavy atom. The number of amides is 2. The van der Waals surface area contributed by atoms with Crippen molar-refractivity contribution in [3.63, 3.8) is 0 Å². The Balaban J connectivity index is 1.87. The predicted octanol–water partition coefficient (Wildman–Crippen LogP) is 6.32. The third-order valence-electron chi connectivity index (χ3n) is 5.27. The van der Waals surface area contributed by atoms with E-state index in [0.717, 1.165) is 22.4 Å². The van der Waals surface area contributed by atoms with E-state index in [0.29, 0.717) is 26.9 Å². The second kappa shape index (κ2) is 8.22. The van der Waals surface area contributed by atoms with Crippen LogP contribution >= 0.6 is 23.2 Å². The molecule has 4 rings (SSSR count). The molecule has 3 aromatic rings. The van der Waals surface area contributed by atoms with Crippen molar-refractivity contribution in [2.75, 3.05) is 10.2 Å². The lowest BCUT2D eigenvalue weighted by molar-refractivity contribution is -0.120. The minimum absolute atomic E-state index is 0.232. The summed E-state index contributed by atoms with van der Waals surface area (Å²) in [6.45, 7) is 5.75. The molecule has 1 heterocycles. The zero-order valence-corrected chi connectivity index (χ0v) is 18.8. The quantitative estimate of drug-likeness (QED) is 0.473. The van der Waals surface area contributed by atoms with Gasteiger partial charge in [-0.15, -0.1) is 0 Å². The zero-order chi connectivity index (χ0) is 22.3. The number of nitrogens with one attached hydrogen (secondary N) is 1. The molecule has 3 aromatic carbocycles. The van der Waals surface area contributed by atoms with Crippen molar-refractivity contribution in [3.05, 3.63) is 98.7 Å². The first-order valence-corrected chi connectivity index (χ1v) is 10.5. The summed E-state index contributed by atoms with van der Waals surface area (Å²) in [4.78, 5) is 28.3. The molecule has 1 aliphatic rings. The second-order valence-electron chi connectivity index (χ2n) is 7.58. The van der Waals surface area contributed by atoms with E-state index in [4.69, 9.17) is 23.2 Å². The number of carbonyl (C=O) groups is 2. The molecule has 0 saturated heterocycles. The van der Waals surface area contributed by atoms with Gasteiger partial charge < -0.3 is 5.32 Å². The highest BCUT2D eigenvalue weighted by Gasteiger charge is 2.41. The molecule has 0 atom stereocenters. The lowest BCUT2D eigenvalue weighted by Crippen LogP contribution is -2.33. The molecule has 0 fully saturated rings. The molecule has 0 spiro atoms. The van der Waals surface area contributed by atoms with Crippen molar-refractivity contribution in [1.82, 2.24) is 0 Å². The largest absolute Gasteiger partial charge is 0.350 e. The fourth-order valence-corrected chi connectivity index (χ4v) is 3.98. The number of carbonyl (C=O) groups excluding carboxylic acids is 2. The van der Waals surface area contributed by atoms with Gasteiger partial charge in [0.05, 0.1) is 11.3 Å². The molecule has 6 heteroatoms. The SMILES string of the molecule is Cc1ccc(C)c(NC2=C(c3ccc(Cl)cc3)C(=O)N(c3ccc(Cl)cc3C)C2=O)c1. The number of anilines is 2. The lowest BCUT2D eigenvalue weighted by atomic mass is 10.0. The van der Waals surface area contributed by atoms with Gasteiger partial charge in [-0.25, -0.2) is 4.90 Å². The van der Waals surface area contributed by atoms with Crippen molar-refractivity contribution < 1.29 is 9.59 Å². The first-order valence-electron chi connectivity index (χ1n) is 9.75. The molecule has 156 valence electrons. The predicted molar refractivity (Wildman–Crippen MR) is 127 cm³/mol. The van der Waals surface area contributed by atoms with Crippen LogP contribution in [0.4, 0.5) is 11.4 Å². The van der Waals surface area contributed by atoms with Crippen molar-refractivity contribution in [3.8, 4) is 0 Å². The van der Waals surface area contributed by atoms with Crippen LogP contribution in [0.25, 0.3) is 5.57 Å². The average Bonchev–Trinajstić information content (AvgIpc) is 2.96. The third kappa shape index (κ3) is 3.97. The highest BCUT2D eigenvalue weighted by atomic mass is 35.5. The summed E-state index contributed by atoms with van der Waals surface area (Å²) in [5, 5.41) is 4.33. The Morgan fingerprint density at radius 2 is 1.42 bits per heavy atom.